The summed E-state index contributed by atoms with van der Waals surface area (Å²) >= 11 is 0. The van der Waals surface area contributed by atoms with Crippen molar-refractivity contribution < 1.29 is 0 Å². The molecule has 0 saturated heterocycles. The summed E-state index contributed by atoms with van der Waals surface area (Å²) in [6.07, 6.45) is 16.6. The fourth-order valence-electron chi connectivity index (χ4n) is 3.16. The smallest absolute Gasteiger partial charge is 0.158 e. The molecule has 2 heterocycles. The van der Waals surface area contributed by atoms with Crippen LogP contribution in [-0.4, -0.2) is 20.2 Å². The maximum atomic E-state index is 4.61. The summed E-state index contributed by atoms with van der Waals surface area (Å²) in [6, 6.07) is 0. The van der Waals surface area contributed by atoms with E-state index in [1.807, 2.05) is 6.20 Å². The number of hydrogen-bond donors (Lipinski definition) is 1. The zero-order valence-corrected chi connectivity index (χ0v) is 14.1. The molecule has 0 aliphatic heterocycles. The van der Waals surface area contributed by atoms with Gasteiger partial charge in [0.1, 0.15) is 6.33 Å². The van der Waals surface area contributed by atoms with Crippen molar-refractivity contribution >= 4 is 11.0 Å². The SMILES string of the molecule is CCCCCCC(CCCCCC)c1ncnc2[nH]ncc12. The molecule has 4 nitrogen and oxygen atoms in total. The van der Waals surface area contributed by atoms with E-state index < -0.39 is 0 Å². The molecule has 0 bridgehead atoms. The fraction of sp³-hybridized carbons (Fsp3) is 0.722. The molecule has 0 aromatic carbocycles. The van der Waals surface area contributed by atoms with Gasteiger partial charge in [0.2, 0.25) is 0 Å². The molecule has 2 rings (SSSR count). The molecule has 122 valence electrons. The highest BCUT2D eigenvalue weighted by molar-refractivity contribution is 5.76. The maximum absolute atomic E-state index is 4.61. The van der Waals surface area contributed by atoms with Crippen molar-refractivity contribution in [3.8, 4) is 0 Å². The van der Waals surface area contributed by atoms with E-state index in [1.54, 1.807) is 6.33 Å². The zero-order chi connectivity index (χ0) is 15.6. The third kappa shape index (κ3) is 4.79. The summed E-state index contributed by atoms with van der Waals surface area (Å²) in [5.41, 5.74) is 2.07. The number of H-pyrrole nitrogens is 1. The van der Waals surface area contributed by atoms with Crippen molar-refractivity contribution in [3.05, 3.63) is 18.2 Å². The van der Waals surface area contributed by atoms with Gasteiger partial charge in [-0.1, -0.05) is 65.2 Å². The molecule has 22 heavy (non-hydrogen) atoms. The Balaban J connectivity index is 2.03. The van der Waals surface area contributed by atoms with Crippen LogP contribution in [0, 0.1) is 0 Å². The normalized spacial score (nSPS) is 11.6. The van der Waals surface area contributed by atoms with Gasteiger partial charge in [-0.05, 0) is 12.8 Å². The van der Waals surface area contributed by atoms with E-state index in [-0.39, 0.29) is 0 Å². The van der Waals surface area contributed by atoms with Crippen LogP contribution in [-0.2, 0) is 0 Å². The van der Waals surface area contributed by atoms with Gasteiger partial charge >= 0.3 is 0 Å². The molecule has 0 saturated carbocycles. The van der Waals surface area contributed by atoms with Gasteiger partial charge < -0.3 is 0 Å². The second-order valence-corrected chi connectivity index (χ2v) is 6.29. The van der Waals surface area contributed by atoms with Gasteiger partial charge in [0.05, 0.1) is 17.3 Å². The topological polar surface area (TPSA) is 54.5 Å². The molecule has 0 atom stereocenters. The van der Waals surface area contributed by atoms with E-state index in [4.69, 9.17) is 0 Å². The van der Waals surface area contributed by atoms with Crippen molar-refractivity contribution in [1.29, 1.82) is 0 Å². The first-order valence-corrected chi connectivity index (χ1v) is 9.00. The fourth-order valence-corrected chi connectivity index (χ4v) is 3.16. The molecule has 0 aliphatic carbocycles. The predicted molar refractivity (Wildman–Crippen MR) is 91.9 cm³/mol. The summed E-state index contributed by atoms with van der Waals surface area (Å²) < 4.78 is 0. The minimum absolute atomic E-state index is 0.553. The third-order valence-electron chi connectivity index (χ3n) is 4.48. The molecule has 4 heteroatoms. The number of fused-ring (bicyclic) bond motifs is 1. The molecule has 0 unspecified atom stereocenters. The largest absolute Gasteiger partial charge is 0.261 e. The summed E-state index contributed by atoms with van der Waals surface area (Å²) in [7, 11) is 0. The number of rotatable bonds is 11. The minimum atomic E-state index is 0.553. The van der Waals surface area contributed by atoms with Crippen molar-refractivity contribution in [2.45, 2.75) is 84.0 Å². The Hall–Kier alpha value is -1.45. The summed E-state index contributed by atoms with van der Waals surface area (Å²) in [5, 5.41) is 8.21. The van der Waals surface area contributed by atoms with Gasteiger partial charge in [-0.3, -0.25) is 5.10 Å². The zero-order valence-electron chi connectivity index (χ0n) is 14.1. The Bertz CT molecular complexity index is 523. The standard InChI is InChI=1S/C18H30N4/c1-3-5-7-9-11-15(12-10-8-6-4-2)17-16-13-21-22-18(16)20-14-19-17/h13-15H,3-12H2,1-2H3,(H,19,20,21,22). The van der Waals surface area contributed by atoms with Crippen LogP contribution in [0.3, 0.4) is 0 Å². The summed E-state index contributed by atoms with van der Waals surface area (Å²) in [4.78, 5) is 8.88. The average molecular weight is 302 g/mol. The minimum Gasteiger partial charge on any atom is -0.261 e. The van der Waals surface area contributed by atoms with E-state index in [0.29, 0.717) is 5.92 Å². The van der Waals surface area contributed by atoms with Crippen LogP contribution in [0.25, 0.3) is 11.0 Å². The average Bonchev–Trinajstić information content (AvgIpc) is 3.02. The molecule has 0 spiro atoms. The number of nitrogens with zero attached hydrogens (tertiary/aromatic N) is 3. The number of unbranched alkanes of at least 4 members (excludes halogenated alkanes) is 6. The van der Waals surface area contributed by atoms with E-state index in [9.17, 15) is 0 Å². The first-order chi connectivity index (χ1) is 10.9. The Kier molecular flexibility index (Phi) is 7.34. The van der Waals surface area contributed by atoms with E-state index >= 15 is 0 Å². The van der Waals surface area contributed by atoms with E-state index in [1.165, 1.54) is 69.9 Å². The van der Waals surface area contributed by atoms with Crippen molar-refractivity contribution in [2.75, 3.05) is 0 Å². The highest BCUT2D eigenvalue weighted by atomic mass is 15.1. The molecular formula is C18H30N4. The van der Waals surface area contributed by atoms with Crippen LogP contribution in [0.2, 0.25) is 0 Å². The Morgan fingerprint density at radius 1 is 0.909 bits per heavy atom. The lowest BCUT2D eigenvalue weighted by Crippen LogP contribution is -2.04. The molecule has 2 aromatic heterocycles. The Labute approximate surface area is 134 Å². The Morgan fingerprint density at radius 2 is 1.59 bits per heavy atom. The maximum Gasteiger partial charge on any atom is 0.158 e. The second kappa shape index (κ2) is 9.54. The number of hydrogen-bond acceptors (Lipinski definition) is 3. The number of aromatic amines is 1. The van der Waals surface area contributed by atoms with Crippen LogP contribution in [0.4, 0.5) is 0 Å². The summed E-state index contributed by atoms with van der Waals surface area (Å²) in [5.74, 6) is 0.553. The highest BCUT2D eigenvalue weighted by Gasteiger charge is 2.17. The van der Waals surface area contributed by atoms with Gasteiger partial charge in [-0.15, -0.1) is 0 Å². The molecule has 0 aliphatic rings. The molecule has 0 fully saturated rings. The van der Waals surface area contributed by atoms with Gasteiger partial charge in [-0.2, -0.15) is 5.10 Å². The van der Waals surface area contributed by atoms with Crippen molar-refractivity contribution in [2.24, 2.45) is 0 Å². The van der Waals surface area contributed by atoms with Crippen LogP contribution < -0.4 is 0 Å². The van der Waals surface area contributed by atoms with Crippen molar-refractivity contribution in [3.63, 3.8) is 0 Å². The van der Waals surface area contributed by atoms with E-state index in [0.717, 1.165) is 11.0 Å². The molecule has 1 N–H and O–H groups in total. The van der Waals surface area contributed by atoms with Gasteiger partial charge in [0, 0.05) is 5.92 Å². The Morgan fingerprint density at radius 3 is 2.23 bits per heavy atom. The lowest BCUT2D eigenvalue weighted by molar-refractivity contribution is 0.491. The van der Waals surface area contributed by atoms with Crippen LogP contribution >= 0.6 is 0 Å². The molecule has 0 radical (unpaired) electrons. The van der Waals surface area contributed by atoms with Crippen molar-refractivity contribution in [1.82, 2.24) is 20.2 Å². The van der Waals surface area contributed by atoms with Gasteiger partial charge in [0.15, 0.2) is 5.65 Å². The first kappa shape index (κ1) is 16.9. The number of nitrogens with one attached hydrogen (secondary N) is 1. The van der Waals surface area contributed by atoms with Crippen LogP contribution in [0.5, 0.6) is 0 Å². The monoisotopic (exact) mass is 302 g/mol. The van der Waals surface area contributed by atoms with E-state index in [2.05, 4.69) is 34.0 Å². The molecule has 0 amide bonds. The molecular weight excluding hydrogens is 272 g/mol. The van der Waals surface area contributed by atoms with Crippen LogP contribution in [0.1, 0.15) is 89.7 Å². The first-order valence-electron chi connectivity index (χ1n) is 9.00. The summed E-state index contributed by atoms with van der Waals surface area (Å²) in [6.45, 7) is 4.53. The molecule has 2 aromatic rings. The lowest BCUT2D eigenvalue weighted by atomic mass is 9.90. The van der Waals surface area contributed by atoms with Gasteiger partial charge in [0.25, 0.3) is 0 Å². The third-order valence-corrected chi connectivity index (χ3v) is 4.48. The quantitative estimate of drug-likeness (QED) is 0.567. The lowest BCUT2D eigenvalue weighted by Gasteiger charge is -2.17. The highest BCUT2D eigenvalue weighted by Crippen LogP contribution is 2.30. The van der Waals surface area contributed by atoms with Crippen LogP contribution in [0.15, 0.2) is 12.5 Å². The van der Waals surface area contributed by atoms with Gasteiger partial charge in [-0.25, -0.2) is 9.97 Å². The predicted octanol–water partition coefficient (Wildman–Crippen LogP) is 5.38. The number of aromatic nitrogens is 4. The second-order valence-electron chi connectivity index (χ2n) is 6.29.